The topological polar surface area (TPSA) is 15.3 Å². The maximum atomic E-state index is 3.59. The first-order valence-electron chi connectivity index (χ1n) is 6.31. The number of hydrogen-bond acceptors (Lipinski definition) is 2. The summed E-state index contributed by atoms with van der Waals surface area (Å²) in [6, 6.07) is 12.1. The van der Waals surface area contributed by atoms with Gasteiger partial charge in [0.2, 0.25) is 0 Å². The zero-order chi connectivity index (χ0) is 11.4. The van der Waals surface area contributed by atoms with E-state index in [-0.39, 0.29) is 0 Å². The van der Waals surface area contributed by atoms with Crippen molar-refractivity contribution in [3.05, 3.63) is 35.9 Å². The molecule has 0 radical (unpaired) electrons. The van der Waals surface area contributed by atoms with E-state index < -0.39 is 0 Å². The third-order valence-corrected chi connectivity index (χ3v) is 3.50. The molecule has 0 saturated carbocycles. The van der Waals surface area contributed by atoms with Gasteiger partial charge in [0.1, 0.15) is 0 Å². The molecule has 1 N–H and O–H groups in total. The molecule has 2 rings (SSSR count). The summed E-state index contributed by atoms with van der Waals surface area (Å²) in [6.45, 7) is 7.94. The van der Waals surface area contributed by atoms with Gasteiger partial charge in [-0.25, -0.2) is 0 Å². The Labute approximate surface area is 98.7 Å². The highest BCUT2D eigenvalue weighted by Gasteiger charge is 2.23. The molecule has 0 aromatic heterocycles. The van der Waals surface area contributed by atoms with Gasteiger partial charge in [-0.05, 0) is 18.9 Å². The second-order valence-electron chi connectivity index (χ2n) is 4.78. The van der Waals surface area contributed by atoms with Crippen molar-refractivity contribution in [1.29, 1.82) is 0 Å². The Hall–Kier alpha value is -0.860. The van der Waals surface area contributed by atoms with E-state index in [0.29, 0.717) is 12.1 Å². The standard InChI is InChI=1S/C14H22N2/c1-3-14-11-16(12(2)9-15-14)10-13-7-5-4-6-8-13/h4-8,12,14-15H,3,9-11H2,1-2H3/t12-,14?/m0/s1. The van der Waals surface area contributed by atoms with E-state index in [1.807, 2.05) is 0 Å². The van der Waals surface area contributed by atoms with Gasteiger partial charge in [-0.1, -0.05) is 37.3 Å². The van der Waals surface area contributed by atoms with Crippen molar-refractivity contribution in [1.82, 2.24) is 10.2 Å². The van der Waals surface area contributed by atoms with Crippen LogP contribution < -0.4 is 5.32 Å². The lowest BCUT2D eigenvalue weighted by Crippen LogP contribution is -2.54. The molecule has 0 spiro atoms. The van der Waals surface area contributed by atoms with Gasteiger partial charge in [0, 0.05) is 31.7 Å². The van der Waals surface area contributed by atoms with Crippen LogP contribution in [0.4, 0.5) is 0 Å². The third-order valence-electron chi connectivity index (χ3n) is 3.50. The molecule has 1 heterocycles. The van der Waals surface area contributed by atoms with Crippen LogP contribution in [0, 0.1) is 0 Å². The average molecular weight is 218 g/mol. The first kappa shape index (κ1) is 11.6. The first-order valence-corrected chi connectivity index (χ1v) is 6.31. The van der Waals surface area contributed by atoms with Crippen LogP contribution in [-0.2, 0) is 6.54 Å². The summed E-state index contributed by atoms with van der Waals surface area (Å²) in [5.41, 5.74) is 1.42. The summed E-state index contributed by atoms with van der Waals surface area (Å²) in [7, 11) is 0. The zero-order valence-corrected chi connectivity index (χ0v) is 10.3. The molecule has 16 heavy (non-hydrogen) atoms. The van der Waals surface area contributed by atoms with Crippen molar-refractivity contribution in [3.63, 3.8) is 0 Å². The molecule has 2 heteroatoms. The number of nitrogens with zero attached hydrogens (tertiary/aromatic N) is 1. The minimum atomic E-state index is 0.642. The highest BCUT2D eigenvalue weighted by Crippen LogP contribution is 2.13. The van der Waals surface area contributed by atoms with Gasteiger partial charge in [-0.2, -0.15) is 0 Å². The van der Waals surface area contributed by atoms with Gasteiger partial charge in [-0.3, -0.25) is 4.90 Å². The van der Waals surface area contributed by atoms with E-state index in [4.69, 9.17) is 0 Å². The van der Waals surface area contributed by atoms with Gasteiger partial charge in [-0.15, -0.1) is 0 Å². The smallest absolute Gasteiger partial charge is 0.0237 e. The normalized spacial score (nSPS) is 26.9. The van der Waals surface area contributed by atoms with Crippen LogP contribution in [0.15, 0.2) is 30.3 Å². The molecule has 1 aliphatic heterocycles. The van der Waals surface area contributed by atoms with Crippen molar-refractivity contribution < 1.29 is 0 Å². The Morgan fingerprint density at radius 2 is 2.06 bits per heavy atom. The molecule has 2 atom stereocenters. The van der Waals surface area contributed by atoms with Crippen LogP contribution >= 0.6 is 0 Å². The number of benzene rings is 1. The van der Waals surface area contributed by atoms with Gasteiger partial charge in [0.25, 0.3) is 0 Å². The quantitative estimate of drug-likeness (QED) is 0.837. The van der Waals surface area contributed by atoms with Gasteiger partial charge >= 0.3 is 0 Å². The van der Waals surface area contributed by atoms with Crippen molar-refractivity contribution >= 4 is 0 Å². The maximum absolute atomic E-state index is 3.59. The summed E-state index contributed by atoms with van der Waals surface area (Å²) in [5, 5.41) is 3.59. The highest BCUT2D eigenvalue weighted by molar-refractivity contribution is 5.14. The van der Waals surface area contributed by atoms with Gasteiger partial charge in [0.05, 0.1) is 0 Å². The monoisotopic (exact) mass is 218 g/mol. The molecule has 1 aliphatic rings. The zero-order valence-electron chi connectivity index (χ0n) is 10.3. The second kappa shape index (κ2) is 5.46. The average Bonchev–Trinajstić information content (AvgIpc) is 2.33. The maximum Gasteiger partial charge on any atom is 0.0237 e. The predicted octanol–water partition coefficient (Wildman–Crippen LogP) is 2.26. The lowest BCUT2D eigenvalue weighted by molar-refractivity contribution is 0.131. The third kappa shape index (κ3) is 2.83. The largest absolute Gasteiger partial charge is 0.311 e. The molecule has 1 aromatic carbocycles. The first-order chi connectivity index (χ1) is 7.79. The van der Waals surface area contributed by atoms with E-state index in [1.165, 1.54) is 18.5 Å². The highest BCUT2D eigenvalue weighted by atomic mass is 15.2. The molecule has 0 amide bonds. The summed E-state index contributed by atoms with van der Waals surface area (Å²) in [4.78, 5) is 2.58. The fraction of sp³-hybridized carbons (Fsp3) is 0.571. The Kier molecular flexibility index (Phi) is 3.97. The molecule has 0 aliphatic carbocycles. The molecule has 0 bridgehead atoms. The van der Waals surface area contributed by atoms with Crippen LogP contribution in [-0.4, -0.2) is 30.1 Å². The fourth-order valence-corrected chi connectivity index (χ4v) is 2.31. The SMILES string of the molecule is CCC1CN(Cc2ccccc2)[C@@H](C)CN1. The molecule has 1 saturated heterocycles. The molecular weight excluding hydrogens is 196 g/mol. The van der Waals surface area contributed by atoms with Crippen LogP contribution in [0.3, 0.4) is 0 Å². The molecule has 88 valence electrons. The number of piperazine rings is 1. The number of nitrogens with one attached hydrogen (secondary N) is 1. The van der Waals surface area contributed by atoms with Crippen LogP contribution in [0.5, 0.6) is 0 Å². The van der Waals surface area contributed by atoms with Crippen molar-refractivity contribution in [3.8, 4) is 0 Å². The molecular formula is C14H22N2. The summed E-state index contributed by atoms with van der Waals surface area (Å²) < 4.78 is 0. The van der Waals surface area contributed by atoms with Crippen LogP contribution in [0.1, 0.15) is 25.8 Å². The lowest BCUT2D eigenvalue weighted by atomic mass is 10.1. The molecule has 2 nitrogen and oxygen atoms in total. The van der Waals surface area contributed by atoms with E-state index in [2.05, 4.69) is 54.4 Å². The minimum absolute atomic E-state index is 0.642. The Morgan fingerprint density at radius 3 is 2.75 bits per heavy atom. The van der Waals surface area contributed by atoms with Gasteiger partial charge < -0.3 is 5.32 Å². The van der Waals surface area contributed by atoms with Crippen LogP contribution in [0.25, 0.3) is 0 Å². The van der Waals surface area contributed by atoms with E-state index in [9.17, 15) is 0 Å². The Morgan fingerprint density at radius 1 is 1.31 bits per heavy atom. The lowest BCUT2D eigenvalue weighted by Gasteiger charge is -2.38. The molecule has 1 fully saturated rings. The fourth-order valence-electron chi connectivity index (χ4n) is 2.31. The molecule has 1 unspecified atom stereocenters. The van der Waals surface area contributed by atoms with Crippen molar-refractivity contribution in [2.45, 2.75) is 38.9 Å². The number of rotatable bonds is 3. The van der Waals surface area contributed by atoms with E-state index in [1.54, 1.807) is 0 Å². The second-order valence-corrected chi connectivity index (χ2v) is 4.78. The summed E-state index contributed by atoms with van der Waals surface area (Å²) >= 11 is 0. The van der Waals surface area contributed by atoms with E-state index in [0.717, 1.165) is 13.1 Å². The van der Waals surface area contributed by atoms with Crippen LogP contribution in [0.2, 0.25) is 0 Å². The predicted molar refractivity (Wildman–Crippen MR) is 68.4 cm³/mol. The summed E-state index contributed by atoms with van der Waals surface area (Å²) in [6.07, 6.45) is 1.22. The minimum Gasteiger partial charge on any atom is -0.311 e. The molecule has 1 aromatic rings. The summed E-state index contributed by atoms with van der Waals surface area (Å²) in [5.74, 6) is 0. The van der Waals surface area contributed by atoms with Gasteiger partial charge in [0.15, 0.2) is 0 Å². The Bertz CT molecular complexity index is 310. The Balaban J connectivity index is 1.97. The van der Waals surface area contributed by atoms with E-state index >= 15 is 0 Å². The van der Waals surface area contributed by atoms with Crippen molar-refractivity contribution in [2.75, 3.05) is 13.1 Å². The van der Waals surface area contributed by atoms with Crippen molar-refractivity contribution in [2.24, 2.45) is 0 Å². The number of hydrogen-bond donors (Lipinski definition) is 1.